The Hall–Kier alpha value is -0.410. The van der Waals surface area contributed by atoms with Gasteiger partial charge in [0, 0.05) is 31.5 Å². The van der Waals surface area contributed by atoms with Gasteiger partial charge in [-0.25, -0.2) is 0 Å². The predicted octanol–water partition coefficient (Wildman–Crippen LogP) is 3.56. The minimum absolute atomic E-state index is 0.335. The van der Waals surface area contributed by atoms with E-state index in [0.29, 0.717) is 29.9 Å². The van der Waals surface area contributed by atoms with Crippen LogP contribution in [0.4, 0.5) is 0 Å². The number of carbonyl (C=O) groups is 1. The third kappa shape index (κ3) is 3.50. The fraction of sp³-hybridized carbons (Fsp3) is 0.944. The zero-order chi connectivity index (χ0) is 14.7. The minimum atomic E-state index is 0.335. The first-order valence-corrected chi connectivity index (χ1v) is 9.11. The lowest BCUT2D eigenvalue weighted by Gasteiger charge is -2.47. The van der Waals surface area contributed by atoms with Gasteiger partial charge in [-0.2, -0.15) is 0 Å². The molecule has 4 atom stereocenters. The maximum atomic E-state index is 12.4. The van der Waals surface area contributed by atoms with Crippen molar-refractivity contribution in [2.75, 3.05) is 13.7 Å². The van der Waals surface area contributed by atoms with Gasteiger partial charge in [-0.1, -0.05) is 12.8 Å². The number of nitrogens with zero attached hydrogens (tertiary/aromatic N) is 1. The molecule has 0 bridgehead atoms. The van der Waals surface area contributed by atoms with Crippen LogP contribution in [-0.2, 0) is 9.53 Å². The van der Waals surface area contributed by atoms with Crippen molar-refractivity contribution in [3.05, 3.63) is 0 Å². The first kappa shape index (κ1) is 15.5. The van der Waals surface area contributed by atoms with Gasteiger partial charge in [0.15, 0.2) is 0 Å². The molecule has 0 aromatic carbocycles. The normalized spacial score (nSPS) is 39.4. The van der Waals surface area contributed by atoms with Crippen LogP contribution in [0.1, 0.15) is 70.6 Å². The van der Waals surface area contributed by atoms with Crippen molar-refractivity contribution in [1.29, 1.82) is 0 Å². The van der Waals surface area contributed by atoms with E-state index in [0.717, 1.165) is 19.3 Å². The summed E-state index contributed by atoms with van der Waals surface area (Å²) in [6.07, 6.45) is 13.6. The van der Waals surface area contributed by atoms with E-state index in [-0.39, 0.29) is 0 Å². The molecular formula is C18H31NO2. The molecule has 1 saturated heterocycles. The maximum absolute atomic E-state index is 12.4. The van der Waals surface area contributed by atoms with Crippen LogP contribution < -0.4 is 0 Å². The van der Waals surface area contributed by atoms with Crippen molar-refractivity contribution in [2.24, 2.45) is 5.92 Å². The molecule has 0 spiro atoms. The highest BCUT2D eigenvalue weighted by Gasteiger charge is 2.39. The van der Waals surface area contributed by atoms with Crippen molar-refractivity contribution in [2.45, 2.75) is 88.8 Å². The Labute approximate surface area is 129 Å². The highest BCUT2D eigenvalue weighted by molar-refractivity contribution is 5.82. The van der Waals surface area contributed by atoms with Gasteiger partial charge in [0.25, 0.3) is 0 Å². The topological polar surface area (TPSA) is 29.5 Å². The van der Waals surface area contributed by atoms with E-state index in [9.17, 15) is 4.79 Å². The van der Waals surface area contributed by atoms with Crippen molar-refractivity contribution >= 4 is 5.78 Å². The summed E-state index contributed by atoms with van der Waals surface area (Å²) < 4.78 is 5.62. The van der Waals surface area contributed by atoms with Gasteiger partial charge in [-0.3, -0.25) is 9.69 Å². The predicted molar refractivity (Wildman–Crippen MR) is 84.4 cm³/mol. The van der Waals surface area contributed by atoms with Crippen molar-refractivity contribution < 1.29 is 9.53 Å². The molecule has 1 heterocycles. The van der Waals surface area contributed by atoms with Crippen LogP contribution in [0, 0.1) is 5.92 Å². The number of hydrogen-bond acceptors (Lipinski definition) is 3. The first-order valence-electron chi connectivity index (χ1n) is 9.11. The zero-order valence-electron chi connectivity index (χ0n) is 13.6. The Morgan fingerprint density at radius 3 is 2.67 bits per heavy atom. The average Bonchev–Trinajstić information content (AvgIpc) is 2.55. The molecule has 3 aliphatic rings. The zero-order valence-corrected chi connectivity index (χ0v) is 13.6. The number of ketones is 1. The lowest BCUT2D eigenvalue weighted by Crippen LogP contribution is -2.53. The van der Waals surface area contributed by atoms with Crippen molar-refractivity contribution in [3.8, 4) is 0 Å². The lowest BCUT2D eigenvalue weighted by molar-refractivity contribution is -0.128. The molecule has 0 amide bonds. The summed E-state index contributed by atoms with van der Waals surface area (Å²) in [7, 11) is 1.85. The highest BCUT2D eigenvalue weighted by Crippen LogP contribution is 2.36. The minimum Gasteiger partial charge on any atom is -0.381 e. The SMILES string of the molecule is COC1CCCC(N2CCCCC2C2CCCCC2=O)C1. The molecule has 2 saturated carbocycles. The van der Waals surface area contributed by atoms with Gasteiger partial charge in [0.2, 0.25) is 0 Å². The van der Waals surface area contributed by atoms with E-state index in [1.807, 2.05) is 7.11 Å². The molecule has 2 aliphatic carbocycles. The van der Waals surface area contributed by atoms with Crippen LogP contribution >= 0.6 is 0 Å². The molecule has 0 N–H and O–H groups in total. The fourth-order valence-corrected chi connectivity index (χ4v) is 4.92. The average molecular weight is 293 g/mol. The molecule has 3 rings (SSSR count). The molecule has 3 heteroatoms. The highest BCUT2D eigenvalue weighted by atomic mass is 16.5. The smallest absolute Gasteiger partial charge is 0.137 e. The largest absolute Gasteiger partial charge is 0.381 e. The number of carbonyl (C=O) groups excluding carboxylic acids is 1. The van der Waals surface area contributed by atoms with Gasteiger partial charge in [0.05, 0.1) is 6.10 Å². The van der Waals surface area contributed by atoms with Crippen LogP contribution in [0.5, 0.6) is 0 Å². The van der Waals surface area contributed by atoms with E-state index in [1.165, 1.54) is 57.9 Å². The Bertz CT molecular complexity index is 357. The number of ether oxygens (including phenoxy) is 1. The molecular weight excluding hydrogens is 262 g/mol. The second-order valence-electron chi connectivity index (χ2n) is 7.30. The van der Waals surface area contributed by atoms with E-state index in [4.69, 9.17) is 4.74 Å². The number of Topliss-reactive ketones (excluding diaryl/α,β-unsaturated/α-hetero) is 1. The third-order valence-corrected chi connectivity index (χ3v) is 6.06. The molecule has 120 valence electrons. The van der Waals surface area contributed by atoms with Gasteiger partial charge >= 0.3 is 0 Å². The Morgan fingerprint density at radius 1 is 1.00 bits per heavy atom. The summed E-state index contributed by atoms with van der Waals surface area (Å²) in [6, 6.07) is 1.19. The Morgan fingerprint density at radius 2 is 1.86 bits per heavy atom. The summed E-state index contributed by atoms with van der Waals surface area (Å²) in [4.78, 5) is 15.1. The van der Waals surface area contributed by atoms with Crippen LogP contribution in [-0.4, -0.2) is 42.5 Å². The molecule has 21 heavy (non-hydrogen) atoms. The molecule has 4 unspecified atom stereocenters. The van der Waals surface area contributed by atoms with Crippen LogP contribution in [0.3, 0.4) is 0 Å². The number of hydrogen-bond donors (Lipinski definition) is 0. The number of likely N-dealkylation sites (tertiary alicyclic amines) is 1. The number of methoxy groups -OCH3 is 1. The fourth-order valence-electron chi connectivity index (χ4n) is 4.92. The van der Waals surface area contributed by atoms with Crippen LogP contribution in [0.15, 0.2) is 0 Å². The van der Waals surface area contributed by atoms with E-state index in [1.54, 1.807) is 0 Å². The van der Waals surface area contributed by atoms with Gasteiger partial charge < -0.3 is 4.74 Å². The molecule has 3 nitrogen and oxygen atoms in total. The monoisotopic (exact) mass is 293 g/mol. The molecule has 0 aromatic heterocycles. The van der Waals surface area contributed by atoms with Crippen LogP contribution in [0.25, 0.3) is 0 Å². The van der Waals surface area contributed by atoms with E-state index < -0.39 is 0 Å². The molecule has 0 radical (unpaired) electrons. The van der Waals surface area contributed by atoms with E-state index >= 15 is 0 Å². The van der Waals surface area contributed by atoms with Gasteiger partial charge in [-0.15, -0.1) is 0 Å². The Kier molecular flexibility index (Phi) is 5.33. The summed E-state index contributed by atoms with van der Waals surface area (Å²) in [5.74, 6) is 0.888. The second kappa shape index (κ2) is 7.23. The standard InChI is InChI=1S/C18H31NO2/c1-21-15-8-6-7-14(13-15)19-12-5-4-10-17(19)16-9-2-3-11-18(16)20/h14-17H,2-13H2,1H3. The second-order valence-corrected chi connectivity index (χ2v) is 7.30. The molecule has 1 aliphatic heterocycles. The summed E-state index contributed by atoms with van der Waals surface area (Å²) in [6.45, 7) is 1.20. The summed E-state index contributed by atoms with van der Waals surface area (Å²) in [5, 5.41) is 0. The summed E-state index contributed by atoms with van der Waals surface area (Å²) in [5.41, 5.74) is 0. The molecule has 3 fully saturated rings. The van der Waals surface area contributed by atoms with Crippen molar-refractivity contribution in [1.82, 2.24) is 4.90 Å². The Balaban J connectivity index is 1.70. The summed E-state index contributed by atoms with van der Waals surface area (Å²) >= 11 is 0. The van der Waals surface area contributed by atoms with Crippen molar-refractivity contribution in [3.63, 3.8) is 0 Å². The number of piperidine rings is 1. The third-order valence-electron chi connectivity index (χ3n) is 6.06. The van der Waals surface area contributed by atoms with Gasteiger partial charge in [-0.05, 0) is 57.9 Å². The maximum Gasteiger partial charge on any atom is 0.137 e. The number of rotatable bonds is 3. The van der Waals surface area contributed by atoms with Crippen LogP contribution in [0.2, 0.25) is 0 Å². The first-order chi connectivity index (χ1) is 10.3. The lowest BCUT2D eigenvalue weighted by atomic mass is 9.77. The van der Waals surface area contributed by atoms with E-state index in [2.05, 4.69) is 4.90 Å². The quantitative estimate of drug-likeness (QED) is 0.797. The van der Waals surface area contributed by atoms with Gasteiger partial charge in [0.1, 0.15) is 5.78 Å². The molecule has 0 aromatic rings.